The van der Waals surface area contributed by atoms with Crippen molar-refractivity contribution >= 4 is 0 Å². The average Bonchev–Trinajstić information content (AvgIpc) is 2.01. The summed E-state index contributed by atoms with van der Waals surface area (Å²) < 4.78 is 0. The second-order valence-electron chi connectivity index (χ2n) is 5.13. The summed E-state index contributed by atoms with van der Waals surface area (Å²) in [6, 6.07) is 2.44. The highest BCUT2D eigenvalue weighted by Gasteiger charge is 2.26. The lowest BCUT2D eigenvalue weighted by molar-refractivity contribution is 0.214. The number of hydrogen-bond donors (Lipinski definition) is 0. The molecule has 0 N–H and O–H groups in total. The summed E-state index contributed by atoms with van der Waals surface area (Å²) in [6.07, 6.45) is 4.93. The number of nitriles is 1. The Balaban J connectivity index is 2.43. The van der Waals surface area contributed by atoms with Gasteiger partial charge in [0.25, 0.3) is 0 Å². The molecule has 3 atom stereocenters. The molecular weight excluding hydrogens is 158 g/mol. The van der Waals surface area contributed by atoms with Gasteiger partial charge in [-0.05, 0) is 43.4 Å². The van der Waals surface area contributed by atoms with Gasteiger partial charge in [-0.1, -0.05) is 20.8 Å². The van der Waals surface area contributed by atoms with Gasteiger partial charge in [0.1, 0.15) is 0 Å². The van der Waals surface area contributed by atoms with Crippen molar-refractivity contribution in [3.63, 3.8) is 0 Å². The summed E-state index contributed by atoms with van der Waals surface area (Å²) in [6.45, 7) is 6.85. The first-order valence-electron chi connectivity index (χ1n) is 5.51. The predicted molar refractivity (Wildman–Crippen MR) is 55.1 cm³/mol. The van der Waals surface area contributed by atoms with E-state index in [0.29, 0.717) is 5.92 Å². The maximum absolute atomic E-state index is 8.91. The third-order valence-corrected chi connectivity index (χ3v) is 3.03. The number of rotatable bonds is 2. The lowest BCUT2D eigenvalue weighted by atomic mass is 9.74. The van der Waals surface area contributed by atoms with Crippen LogP contribution in [0.2, 0.25) is 0 Å². The van der Waals surface area contributed by atoms with Crippen LogP contribution in [0.25, 0.3) is 0 Å². The van der Waals surface area contributed by atoms with Gasteiger partial charge in [-0.25, -0.2) is 0 Å². The SMILES string of the molecule is CC(C)CC1CC(C)CC(C#N)C1. The van der Waals surface area contributed by atoms with E-state index in [0.717, 1.165) is 30.6 Å². The van der Waals surface area contributed by atoms with Gasteiger partial charge in [-0.3, -0.25) is 0 Å². The fourth-order valence-electron chi connectivity index (χ4n) is 2.71. The molecule has 1 nitrogen and oxygen atoms in total. The van der Waals surface area contributed by atoms with E-state index in [9.17, 15) is 0 Å². The van der Waals surface area contributed by atoms with Crippen LogP contribution < -0.4 is 0 Å². The minimum Gasteiger partial charge on any atom is -0.198 e. The van der Waals surface area contributed by atoms with Crippen molar-refractivity contribution in [1.29, 1.82) is 5.26 Å². The van der Waals surface area contributed by atoms with Gasteiger partial charge >= 0.3 is 0 Å². The smallest absolute Gasteiger partial charge is 0.0655 e. The highest BCUT2D eigenvalue weighted by Crippen LogP contribution is 2.35. The van der Waals surface area contributed by atoms with Crippen molar-refractivity contribution in [2.75, 3.05) is 0 Å². The zero-order chi connectivity index (χ0) is 9.84. The van der Waals surface area contributed by atoms with Crippen molar-refractivity contribution in [1.82, 2.24) is 0 Å². The van der Waals surface area contributed by atoms with E-state index in [1.165, 1.54) is 12.8 Å². The van der Waals surface area contributed by atoms with Crippen LogP contribution in [-0.2, 0) is 0 Å². The maximum Gasteiger partial charge on any atom is 0.0655 e. The predicted octanol–water partition coefficient (Wildman–Crippen LogP) is 3.61. The highest BCUT2D eigenvalue weighted by molar-refractivity contribution is 4.89. The fraction of sp³-hybridized carbons (Fsp3) is 0.917. The van der Waals surface area contributed by atoms with Crippen molar-refractivity contribution < 1.29 is 0 Å². The second kappa shape index (κ2) is 4.65. The molecule has 0 aliphatic heterocycles. The standard InChI is InChI=1S/C12H21N/c1-9(2)4-11-5-10(3)6-12(7-11)8-13/h9-12H,4-7H2,1-3H3. The molecule has 0 aromatic rings. The Bertz CT molecular complexity index is 188. The molecule has 0 bridgehead atoms. The largest absolute Gasteiger partial charge is 0.198 e. The van der Waals surface area contributed by atoms with E-state index in [1.54, 1.807) is 0 Å². The van der Waals surface area contributed by atoms with Crippen LogP contribution in [0, 0.1) is 35.0 Å². The van der Waals surface area contributed by atoms with Gasteiger partial charge in [-0.15, -0.1) is 0 Å². The molecule has 0 saturated heterocycles. The maximum atomic E-state index is 8.91. The quantitative estimate of drug-likeness (QED) is 0.635. The topological polar surface area (TPSA) is 23.8 Å². The molecular formula is C12H21N. The molecule has 0 amide bonds. The summed E-state index contributed by atoms with van der Waals surface area (Å²) >= 11 is 0. The molecule has 1 rings (SSSR count). The fourth-order valence-corrected chi connectivity index (χ4v) is 2.71. The monoisotopic (exact) mass is 179 g/mol. The van der Waals surface area contributed by atoms with Gasteiger partial charge < -0.3 is 0 Å². The number of nitrogens with zero attached hydrogens (tertiary/aromatic N) is 1. The molecule has 1 heteroatoms. The molecule has 1 fully saturated rings. The molecule has 13 heavy (non-hydrogen) atoms. The van der Waals surface area contributed by atoms with Gasteiger partial charge in [0.2, 0.25) is 0 Å². The summed E-state index contributed by atoms with van der Waals surface area (Å²) in [5, 5.41) is 8.91. The van der Waals surface area contributed by atoms with Crippen LogP contribution in [0.4, 0.5) is 0 Å². The molecule has 0 spiro atoms. The van der Waals surface area contributed by atoms with E-state index in [-0.39, 0.29) is 0 Å². The third kappa shape index (κ3) is 3.38. The number of hydrogen-bond acceptors (Lipinski definition) is 1. The Morgan fingerprint density at radius 1 is 1.31 bits per heavy atom. The summed E-state index contributed by atoms with van der Waals surface area (Å²) in [5.74, 6) is 2.71. The van der Waals surface area contributed by atoms with E-state index >= 15 is 0 Å². The minimum atomic E-state index is 0.340. The summed E-state index contributed by atoms with van der Waals surface area (Å²) in [4.78, 5) is 0. The molecule has 3 unspecified atom stereocenters. The molecule has 74 valence electrons. The third-order valence-electron chi connectivity index (χ3n) is 3.03. The van der Waals surface area contributed by atoms with Crippen LogP contribution in [0.1, 0.15) is 46.5 Å². The Kier molecular flexibility index (Phi) is 3.78. The van der Waals surface area contributed by atoms with E-state index < -0.39 is 0 Å². The lowest BCUT2D eigenvalue weighted by Crippen LogP contribution is -2.21. The summed E-state index contributed by atoms with van der Waals surface area (Å²) in [7, 11) is 0. The van der Waals surface area contributed by atoms with Crippen LogP contribution in [0.5, 0.6) is 0 Å². The minimum absolute atomic E-state index is 0.340. The first-order chi connectivity index (χ1) is 6.11. The first kappa shape index (κ1) is 10.6. The lowest BCUT2D eigenvalue weighted by Gasteiger charge is -2.30. The van der Waals surface area contributed by atoms with Gasteiger partial charge in [0.15, 0.2) is 0 Å². The first-order valence-corrected chi connectivity index (χ1v) is 5.51. The second-order valence-corrected chi connectivity index (χ2v) is 5.13. The Labute approximate surface area is 82.1 Å². The summed E-state index contributed by atoms with van der Waals surface area (Å²) in [5.41, 5.74) is 0. The van der Waals surface area contributed by atoms with Gasteiger partial charge in [-0.2, -0.15) is 5.26 Å². The molecule has 0 heterocycles. The van der Waals surface area contributed by atoms with Gasteiger partial charge in [0.05, 0.1) is 6.07 Å². The van der Waals surface area contributed by atoms with Crippen molar-refractivity contribution in [2.24, 2.45) is 23.7 Å². The van der Waals surface area contributed by atoms with Crippen LogP contribution in [0.15, 0.2) is 0 Å². The molecule has 0 aromatic heterocycles. The van der Waals surface area contributed by atoms with Gasteiger partial charge in [0, 0.05) is 5.92 Å². The zero-order valence-electron chi connectivity index (χ0n) is 9.09. The van der Waals surface area contributed by atoms with E-state index in [4.69, 9.17) is 5.26 Å². The average molecular weight is 179 g/mol. The molecule has 1 saturated carbocycles. The van der Waals surface area contributed by atoms with Crippen LogP contribution in [-0.4, -0.2) is 0 Å². The molecule has 1 aliphatic carbocycles. The Hall–Kier alpha value is -0.510. The Morgan fingerprint density at radius 2 is 2.00 bits per heavy atom. The van der Waals surface area contributed by atoms with Crippen molar-refractivity contribution in [3.8, 4) is 6.07 Å². The molecule has 0 aromatic carbocycles. The van der Waals surface area contributed by atoms with Crippen molar-refractivity contribution in [2.45, 2.75) is 46.5 Å². The van der Waals surface area contributed by atoms with Crippen LogP contribution >= 0.6 is 0 Å². The molecule has 1 aliphatic rings. The normalized spacial score (nSPS) is 34.5. The van der Waals surface area contributed by atoms with E-state index in [2.05, 4.69) is 26.8 Å². The Morgan fingerprint density at radius 3 is 2.54 bits per heavy atom. The van der Waals surface area contributed by atoms with Crippen LogP contribution in [0.3, 0.4) is 0 Å². The van der Waals surface area contributed by atoms with Crippen molar-refractivity contribution in [3.05, 3.63) is 0 Å². The highest BCUT2D eigenvalue weighted by atomic mass is 14.3. The zero-order valence-corrected chi connectivity index (χ0v) is 9.09. The van der Waals surface area contributed by atoms with E-state index in [1.807, 2.05) is 0 Å². The molecule has 0 radical (unpaired) electrons.